The third-order valence-corrected chi connectivity index (χ3v) is 2.63. The zero-order chi connectivity index (χ0) is 8.27. The van der Waals surface area contributed by atoms with Crippen LogP contribution < -0.4 is 0 Å². The second-order valence-corrected chi connectivity index (χ2v) is 4.21. The Morgan fingerprint density at radius 2 is 2.36 bits per heavy atom. The zero-order valence-corrected chi connectivity index (χ0v) is 8.38. The summed E-state index contributed by atoms with van der Waals surface area (Å²) in [6, 6.07) is 1.88. The van der Waals surface area contributed by atoms with Crippen LogP contribution in [0.2, 0.25) is 5.02 Å². The fraction of sp³-hybridized carbons (Fsp3) is 0.250. The van der Waals surface area contributed by atoms with Crippen molar-refractivity contribution in [1.29, 1.82) is 0 Å². The average Bonchev–Trinajstić information content (AvgIpc) is 2.31. The van der Waals surface area contributed by atoms with E-state index in [0.717, 1.165) is 9.90 Å². The highest BCUT2D eigenvalue weighted by Crippen LogP contribution is 2.23. The topological polar surface area (TPSA) is 0 Å². The van der Waals surface area contributed by atoms with Crippen LogP contribution in [0.5, 0.6) is 0 Å². The van der Waals surface area contributed by atoms with Crippen LogP contribution in [-0.2, 0) is 0 Å². The lowest BCUT2D eigenvalue weighted by Crippen LogP contribution is -1.79. The van der Waals surface area contributed by atoms with Crippen molar-refractivity contribution in [2.75, 3.05) is 0 Å². The van der Waals surface area contributed by atoms with E-state index in [4.69, 9.17) is 23.2 Å². The fourth-order valence-corrected chi connectivity index (χ4v) is 1.74. The van der Waals surface area contributed by atoms with E-state index in [1.165, 1.54) is 0 Å². The molecule has 0 nitrogen and oxygen atoms in total. The zero-order valence-electron chi connectivity index (χ0n) is 6.05. The Hall–Kier alpha value is 0.0200. The lowest BCUT2D eigenvalue weighted by molar-refractivity contribution is 1.24. The first-order valence-corrected chi connectivity index (χ1v) is 4.95. The standard InChI is InChI=1S/C8H8Cl2S/c1-6(9)2-3-8-7(10)4-5-11-8/h2-6H,1H3/b3-2+. The van der Waals surface area contributed by atoms with Crippen LogP contribution in [0.3, 0.4) is 0 Å². The van der Waals surface area contributed by atoms with Gasteiger partial charge in [0.05, 0.1) is 5.02 Å². The molecular formula is C8H8Cl2S. The first-order valence-electron chi connectivity index (χ1n) is 3.25. The maximum absolute atomic E-state index is 5.84. The number of hydrogen-bond donors (Lipinski definition) is 0. The lowest BCUT2D eigenvalue weighted by Gasteiger charge is -1.90. The summed E-state index contributed by atoms with van der Waals surface area (Å²) in [5.41, 5.74) is 0. The molecule has 60 valence electrons. The van der Waals surface area contributed by atoms with Gasteiger partial charge in [-0.2, -0.15) is 0 Å². The number of hydrogen-bond acceptors (Lipinski definition) is 1. The van der Waals surface area contributed by atoms with Crippen molar-refractivity contribution in [2.24, 2.45) is 0 Å². The first-order chi connectivity index (χ1) is 5.20. The van der Waals surface area contributed by atoms with Crippen LogP contribution in [0.25, 0.3) is 6.08 Å². The van der Waals surface area contributed by atoms with Crippen molar-refractivity contribution in [3.8, 4) is 0 Å². The molecule has 0 spiro atoms. The smallest absolute Gasteiger partial charge is 0.0586 e. The summed E-state index contributed by atoms with van der Waals surface area (Å²) in [5, 5.41) is 2.82. The summed E-state index contributed by atoms with van der Waals surface area (Å²) in [5.74, 6) is 0. The van der Waals surface area contributed by atoms with Crippen LogP contribution in [0, 0.1) is 0 Å². The summed E-state index contributed by atoms with van der Waals surface area (Å²) in [7, 11) is 0. The number of allylic oxidation sites excluding steroid dienone is 1. The Morgan fingerprint density at radius 3 is 2.82 bits per heavy atom. The first kappa shape index (κ1) is 9.11. The Kier molecular flexibility index (Phi) is 3.44. The van der Waals surface area contributed by atoms with Crippen molar-refractivity contribution in [1.82, 2.24) is 0 Å². The maximum atomic E-state index is 5.84. The average molecular weight is 207 g/mol. The van der Waals surface area contributed by atoms with Gasteiger partial charge in [0.25, 0.3) is 0 Å². The van der Waals surface area contributed by atoms with Crippen molar-refractivity contribution < 1.29 is 0 Å². The van der Waals surface area contributed by atoms with E-state index in [9.17, 15) is 0 Å². The molecule has 1 rings (SSSR count). The SMILES string of the molecule is CC(Cl)/C=C/c1sccc1Cl. The van der Waals surface area contributed by atoms with Gasteiger partial charge in [-0.3, -0.25) is 0 Å². The van der Waals surface area contributed by atoms with Crippen molar-refractivity contribution in [2.45, 2.75) is 12.3 Å². The second-order valence-electron chi connectivity index (χ2n) is 2.17. The van der Waals surface area contributed by atoms with E-state index >= 15 is 0 Å². The van der Waals surface area contributed by atoms with E-state index in [-0.39, 0.29) is 5.38 Å². The molecule has 0 aromatic carbocycles. The highest BCUT2D eigenvalue weighted by atomic mass is 35.5. The van der Waals surface area contributed by atoms with Crippen LogP contribution in [-0.4, -0.2) is 5.38 Å². The van der Waals surface area contributed by atoms with Crippen LogP contribution in [0.4, 0.5) is 0 Å². The van der Waals surface area contributed by atoms with Crippen molar-refractivity contribution >= 4 is 40.6 Å². The third kappa shape index (κ3) is 2.86. The molecule has 1 heterocycles. The van der Waals surface area contributed by atoms with E-state index in [1.807, 2.05) is 30.5 Å². The molecule has 0 saturated carbocycles. The van der Waals surface area contributed by atoms with E-state index in [0.29, 0.717) is 0 Å². The van der Waals surface area contributed by atoms with Crippen LogP contribution in [0.1, 0.15) is 11.8 Å². The van der Waals surface area contributed by atoms with Gasteiger partial charge in [0.1, 0.15) is 0 Å². The summed E-state index contributed by atoms with van der Waals surface area (Å²) in [4.78, 5) is 1.07. The molecule has 0 aliphatic rings. The lowest BCUT2D eigenvalue weighted by atomic mass is 10.3. The van der Waals surface area contributed by atoms with Gasteiger partial charge in [-0.1, -0.05) is 17.7 Å². The highest BCUT2D eigenvalue weighted by Gasteiger charge is 1.96. The van der Waals surface area contributed by atoms with Gasteiger partial charge in [-0.25, -0.2) is 0 Å². The minimum absolute atomic E-state index is 0.0631. The number of thiophene rings is 1. The fourth-order valence-electron chi connectivity index (χ4n) is 0.644. The number of rotatable bonds is 2. The van der Waals surface area contributed by atoms with Crippen molar-refractivity contribution in [3.63, 3.8) is 0 Å². The Balaban J connectivity index is 2.71. The molecule has 0 saturated heterocycles. The highest BCUT2D eigenvalue weighted by molar-refractivity contribution is 7.11. The summed E-state index contributed by atoms with van der Waals surface area (Å²) < 4.78 is 0. The summed E-state index contributed by atoms with van der Waals surface area (Å²) in [6.45, 7) is 1.92. The van der Waals surface area contributed by atoms with E-state index < -0.39 is 0 Å². The molecule has 0 amide bonds. The molecule has 1 aromatic rings. The van der Waals surface area contributed by atoms with Gasteiger partial charge >= 0.3 is 0 Å². The van der Waals surface area contributed by atoms with E-state index in [1.54, 1.807) is 11.3 Å². The largest absolute Gasteiger partial charge is 0.143 e. The predicted molar refractivity (Wildman–Crippen MR) is 53.7 cm³/mol. The Morgan fingerprint density at radius 1 is 1.64 bits per heavy atom. The molecule has 11 heavy (non-hydrogen) atoms. The molecule has 0 radical (unpaired) electrons. The van der Waals surface area contributed by atoms with Gasteiger partial charge in [0, 0.05) is 10.3 Å². The van der Waals surface area contributed by atoms with Gasteiger partial charge in [-0.05, 0) is 24.4 Å². The molecule has 3 heteroatoms. The molecule has 0 aliphatic carbocycles. The van der Waals surface area contributed by atoms with E-state index in [2.05, 4.69) is 0 Å². The molecule has 0 fully saturated rings. The van der Waals surface area contributed by atoms with Gasteiger partial charge in [-0.15, -0.1) is 22.9 Å². The van der Waals surface area contributed by atoms with Crippen LogP contribution >= 0.6 is 34.5 Å². The van der Waals surface area contributed by atoms with Gasteiger partial charge in [0.2, 0.25) is 0 Å². The minimum Gasteiger partial charge on any atom is -0.143 e. The number of halogens is 2. The monoisotopic (exact) mass is 206 g/mol. The van der Waals surface area contributed by atoms with Gasteiger partial charge < -0.3 is 0 Å². The number of alkyl halides is 1. The quantitative estimate of drug-likeness (QED) is 0.642. The molecule has 1 aromatic heterocycles. The van der Waals surface area contributed by atoms with Crippen molar-refractivity contribution in [3.05, 3.63) is 27.4 Å². The summed E-state index contributed by atoms with van der Waals surface area (Å²) in [6.07, 6.45) is 3.87. The molecular weight excluding hydrogens is 199 g/mol. The Labute approximate surface area is 80.4 Å². The second kappa shape index (κ2) is 4.15. The molecule has 0 aliphatic heterocycles. The molecule has 1 atom stereocenters. The van der Waals surface area contributed by atoms with Gasteiger partial charge in [0.15, 0.2) is 0 Å². The van der Waals surface area contributed by atoms with Crippen LogP contribution in [0.15, 0.2) is 17.5 Å². The Bertz CT molecular complexity index is 250. The maximum Gasteiger partial charge on any atom is 0.0586 e. The molecule has 1 unspecified atom stereocenters. The normalized spacial score (nSPS) is 14.1. The molecule has 0 bridgehead atoms. The predicted octanol–water partition coefficient (Wildman–Crippen LogP) is 4.04. The summed E-state index contributed by atoms with van der Waals surface area (Å²) >= 11 is 13.2. The third-order valence-electron chi connectivity index (χ3n) is 1.16. The molecule has 0 N–H and O–H groups in total. The minimum atomic E-state index is 0.0631.